The normalized spacial score (nSPS) is 19.9. The van der Waals surface area contributed by atoms with Crippen molar-refractivity contribution in [2.75, 3.05) is 27.4 Å². The van der Waals surface area contributed by atoms with Gasteiger partial charge in [0.25, 0.3) is 0 Å². The van der Waals surface area contributed by atoms with Crippen LogP contribution in [0.15, 0.2) is 12.1 Å². The van der Waals surface area contributed by atoms with Crippen LogP contribution < -0.4 is 19.9 Å². The van der Waals surface area contributed by atoms with Gasteiger partial charge in [-0.25, -0.2) is 0 Å². The van der Waals surface area contributed by atoms with Crippen molar-refractivity contribution in [2.45, 2.75) is 38.3 Å². The van der Waals surface area contributed by atoms with Crippen LogP contribution in [0.4, 0.5) is 0 Å². The molecule has 1 fully saturated rings. The molecule has 0 aliphatic carbocycles. The maximum absolute atomic E-state index is 6.05. The third-order valence-corrected chi connectivity index (χ3v) is 3.48. The monoisotopic (exact) mass is 295 g/mol. The van der Waals surface area contributed by atoms with Crippen LogP contribution in [-0.4, -0.2) is 39.6 Å². The van der Waals surface area contributed by atoms with Crippen LogP contribution in [0.5, 0.6) is 17.2 Å². The highest BCUT2D eigenvalue weighted by atomic mass is 16.6. The van der Waals surface area contributed by atoms with Crippen molar-refractivity contribution >= 4 is 0 Å². The smallest absolute Gasteiger partial charge is 0.203 e. The SMILES string of the molecule is COc1cc(CC(C)N)cc(OC)c1OC1CCCOC1. The molecule has 2 N–H and O–H groups in total. The zero-order valence-electron chi connectivity index (χ0n) is 13.1. The third-order valence-electron chi connectivity index (χ3n) is 3.48. The van der Waals surface area contributed by atoms with Crippen LogP contribution in [0.3, 0.4) is 0 Å². The Balaban J connectivity index is 2.24. The molecule has 1 aromatic rings. The molecule has 2 unspecified atom stereocenters. The molecule has 1 heterocycles. The fraction of sp³-hybridized carbons (Fsp3) is 0.625. The average molecular weight is 295 g/mol. The van der Waals surface area contributed by atoms with Gasteiger partial charge < -0.3 is 24.7 Å². The Morgan fingerprint density at radius 3 is 2.43 bits per heavy atom. The Hall–Kier alpha value is -1.46. The number of ether oxygens (including phenoxy) is 4. The molecule has 0 spiro atoms. The second-order valence-electron chi connectivity index (χ2n) is 5.47. The standard InChI is InChI=1S/C16H25NO4/c1-11(17)7-12-8-14(18-2)16(15(9-12)19-3)21-13-5-4-6-20-10-13/h8-9,11,13H,4-7,10,17H2,1-3H3. The Bertz CT molecular complexity index is 431. The van der Waals surface area contributed by atoms with E-state index in [2.05, 4.69) is 0 Å². The first-order valence-corrected chi connectivity index (χ1v) is 7.39. The summed E-state index contributed by atoms with van der Waals surface area (Å²) in [6.07, 6.45) is 2.80. The number of hydrogen-bond acceptors (Lipinski definition) is 5. The molecule has 0 amide bonds. The van der Waals surface area contributed by atoms with Gasteiger partial charge in [0.15, 0.2) is 11.5 Å². The third kappa shape index (κ3) is 4.25. The maximum atomic E-state index is 6.05. The van der Waals surface area contributed by atoms with Gasteiger partial charge in [0.1, 0.15) is 6.10 Å². The summed E-state index contributed by atoms with van der Waals surface area (Å²) in [5, 5.41) is 0. The Morgan fingerprint density at radius 1 is 1.29 bits per heavy atom. The van der Waals surface area contributed by atoms with E-state index in [1.807, 2.05) is 19.1 Å². The van der Waals surface area contributed by atoms with E-state index < -0.39 is 0 Å². The van der Waals surface area contributed by atoms with E-state index in [9.17, 15) is 0 Å². The summed E-state index contributed by atoms with van der Waals surface area (Å²) in [5.41, 5.74) is 6.94. The number of benzene rings is 1. The minimum Gasteiger partial charge on any atom is -0.493 e. The molecule has 0 saturated carbocycles. The molecular formula is C16H25NO4. The number of nitrogens with two attached hydrogens (primary N) is 1. The summed E-state index contributed by atoms with van der Waals surface area (Å²) in [6, 6.07) is 4.01. The van der Waals surface area contributed by atoms with Gasteiger partial charge in [0, 0.05) is 12.6 Å². The lowest BCUT2D eigenvalue weighted by Crippen LogP contribution is -2.28. The van der Waals surface area contributed by atoms with Crippen LogP contribution in [0.2, 0.25) is 0 Å². The zero-order valence-corrected chi connectivity index (χ0v) is 13.1. The number of hydrogen-bond donors (Lipinski definition) is 1. The first-order chi connectivity index (χ1) is 10.1. The van der Waals surface area contributed by atoms with Crippen molar-refractivity contribution in [3.63, 3.8) is 0 Å². The van der Waals surface area contributed by atoms with Crippen LogP contribution in [0, 0.1) is 0 Å². The molecule has 1 saturated heterocycles. The molecular weight excluding hydrogens is 270 g/mol. The average Bonchev–Trinajstić information content (AvgIpc) is 2.48. The lowest BCUT2D eigenvalue weighted by Gasteiger charge is -2.25. The maximum Gasteiger partial charge on any atom is 0.203 e. The molecule has 1 aromatic carbocycles. The van der Waals surface area contributed by atoms with Gasteiger partial charge in [0.05, 0.1) is 20.8 Å². The quantitative estimate of drug-likeness (QED) is 0.871. The van der Waals surface area contributed by atoms with Crippen molar-refractivity contribution in [1.29, 1.82) is 0 Å². The van der Waals surface area contributed by atoms with Crippen molar-refractivity contribution in [2.24, 2.45) is 5.73 Å². The molecule has 118 valence electrons. The second-order valence-corrected chi connectivity index (χ2v) is 5.47. The van der Waals surface area contributed by atoms with Crippen molar-refractivity contribution in [3.05, 3.63) is 17.7 Å². The van der Waals surface area contributed by atoms with E-state index in [1.54, 1.807) is 14.2 Å². The highest BCUT2D eigenvalue weighted by Gasteiger charge is 2.21. The van der Waals surface area contributed by atoms with Crippen LogP contribution in [-0.2, 0) is 11.2 Å². The molecule has 5 nitrogen and oxygen atoms in total. The van der Waals surface area contributed by atoms with Gasteiger partial charge >= 0.3 is 0 Å². The predicted molar refractivity (Wildman–Crippen MR) is 81.4 cm³/mol. The lowest BCUT2D eigenvalue weighted by atomic mass is 10.1. The fourth-order valence-corrected chi connectivity index (χ4v) is 2.51. The van der Waals surface area contributed by atoms with Crippen molar-refractivity contribution < 1.29 is 18.9 Å². The molecule has 0 radical (unpaired) electrons. The van der Waals surface area contributed by atoms with Crippen LogP contribution >= 0.6 is 0 Å². The topological polar surface area (TPSA) is 62.9 Å². The minimum atomic E-state index is 0.0424. The minimum absolute atomic E-state index is 0.0424. The molecule has 5 heteroatoms. The Labute approximate surface area is 126 Å². The number of methoxy groups -OCH3 is 2. The molecule has 2 rings (SSSR count). The van der Waals surface area contributed by atoms with Crippen LogP contribution in [0.1, 0.15) is 25.3 Å². The first kappa shape index (κ1) is 15.9. The van der Waals surface area contributed by atoms with Crippen LogP contribution in [0.25, 0.3) is 0 Å². The zero-order chi connectivity index (χ0) is 15.2. The summed E-state index contributed by atoms with van der Waals surface area (Å²) >= 11 is 0. The van der Waals surface area contributed by atoms with Gasteiger partial charge in [-0.3, -0.25) is 0 Å². The summed E-state index contributed by atoms with van der Waals surface area (Å²) in [6.45, 7) is 3.39. The van der Waals surface area contributed by atoms with Gasteiger partial charge in [-0.05, 0) is 43.9 Å². The van der Waals surface area contributed by atoms with Gasteiger partial charge in [0.2, 0.25) is 5.75 Å². The van der Waals surface area contributed by atoms with Gasteiger partial charge in [-0.15, -0.1) is 0 Å². The summed E-state index contributed by atoms with van der Waals surface area (Å²) in [4.78, 5) is 0. The summed E-state index contributed by atoms with van der Waals surface area (Å²) < 4.78 is 22.4. The second kappa shape index (κ2) is 7.52. The molecule has 1 aliphatic heterocycles. The first-order valence-electron chi connectivity index (χ1n) is 7.39. The molecule has 1 aliphatic rings. The molecule has 21 heavy (non-hydrogen) atoms. The van der Waals surface area contributed by atoms with Gasteiger partial charge in [-0.2, -0.15) is 0 Å². The Kier molecular flexibility index (Phi) is 5.70. The predicted octanol–water partition coefficient (Wildman–Crippen LogP) is 2.15. The summed E-state index contributed by atoms with van der Waals surface area (Å²) in [7, 11) is 3.27. The van der Waals surface area contributed by atoms with Crippen molar-refractivity contribution in [1.82, 2.24) is 0 Å². The van der Waals surface area contributed by atoms with E-state index >= 15 is 0 Å². The summed E-state index contributed by atoms with van der Waals surface area (Å²) in [5.74, 6) is 2.00. The van der Waals surface area contributed by atoms with E-state index in [1.165, 1.54) is 0 Å². The van der Waals surface area contributed by atoms with Gasteiger partial charge in [-0.1, -0.05) is 0 Å². The Morgan fingerprint density at radius 2 is 1.95 bits per heavy atom. The molecule has 0 aromatic heterocycles. The van der Waals surface area contributed by atoms with E-state index in [0.717, 1.165) is 31.4 Å². The lowest BCUT2D eigenvalue weighted by molar-refractivity contribution is 0.00539. The fourth-order valence-electron chi connectivity index (χ4n) is 2.51. The van der Waals surface area contributed by atoms with Crippen molar-refractivity contribution in [3.8, 4) is 17.2 Å². The largest absolute Gasteiger partial charge is 0.493 e. The van der Waals surface area contributed by atoms with E-state index in [-0.39, 0.29) is 12.1 Å². The van der Waals surface area contributed by atoms with E-state index in [0.29, 0.717) is 23.9 Å². The molecule has 0 bridgehead atoms. The highest BCUT2D eigenvalue weighted by Crippen LogP contribution is 2.40. The van der Waals surface area contributed by atoms with E-state index in [4.69, 9.17) is 24.7 Å². The number of rotatable bonds is 6. The molecule has 2 atom stereocenters. The highest BCUT2D eigenvalue weighted by molar-refractivity contribution is 5.54.